The van der Waals surface area contributed by atoms with Crippen molar-refractivity contribution in [3.8, 4) is 11.8 Å². The molecule has 1 atom stereocenters. The number of hydrogen-bond acceptors (Lipinski definition) is 5. The molecule has 1 aliphatic carbocycles. The fourth-order valence-corrected chi connectivity index (χ4v) is 4.60. The first-order valence-corrected chi connectivity index (χ1v) is 11.6. The average molecular weight is 453 g/mol. The number of benzene rings is 1. The van der Waals surface area contributed by atoms with Crippen LogP contribution in [0.1, 0.15) is 66.4 Å². The lowest BCUT2D eigenvalue weighted by atomic mass is 9.91. The van der Waals surface area contributed by atoms with E-state index < -0.39 is 6.04 Å². The van der Waals surface area contributed by atoms with Crippen molar-refractivity contribution < 1.29 is 19.2 Å². The highest BCUT2D eigenvalue weighted by molar-refractivity contribution is 6.01. The van der Waals surface area contributed by atoms with E-state index in [4.69, 9.17) is 0 Å². The minimum absolute atomic E-state index is 0.200. The highest BCUT2D eigenvalue weighted by atomic mass is 16.2. The highest BCUT2D eigenvalue weighted by Crippen LogP contribution is 2.28. The Bertz CT molecular complexity index is 928. The van der Waals surface area contributed by atoms with Gasteiger partial charge in [-0.05, 0) is 49.8 Å². The van der Waals surface area contributed by atoms with Crippen LogP contribution in [0.4, 0.5) is 0 Å². The topological polar surface area (TPSA) is 108 Å². The first kappa shape index (κ1) is 24.5. The van der Waals surface area contributed by atoms with E-state index in [1.165, 1.54) is 11.9 Å². The number of fused-ring (bicyclic) bond motifs is 1. The summed E-state index contributed by atoms with van der Waals surface area (Å²) in [6.07, 6.45) is 6.82. The van der Waals surface area contributed by atoms with Gasteiger partial charge in [0, 0.05) is 56.2 Å². The van der Waals surface area contributed by atoms with E-state index in [-0.39, 0.29) is 18.2 Å². The lowest BCUT2D eigenvalue weighted by Gasteiger charge is -2.28. The predicted octanol–water partition coefficient (Wildman–Crippen LogP) is 1.12. The lowest BCUT2D eigenvalue weighted by molar-refractivity contribution is -0.125. The van der Waals surface area contributed by atoms with Gasteiger partial charge in [-0.3, -0.25) is 14.4 Å². The van der Waals surface area contributed by atoms with Crippen molar-refractivity contribution >= 4 is 24.5 Å². The molecule has 0 saturated heterocycles. The fourth-order valence-electron chi connectivity index (χ4n) is 4.60. The monoisotopic (exact) mass is 452 g/mol. The normalized spacial score (nSPS) is 20.3. The number of likely N-dealkylation sites (N-methyl/N-ethyl adjacent to an activating group) is 1. The van der Waals surface area contributed by atoms with Crippen molar-refractivity contribution in [2.75, 3.05) is 13.6 Å². The van der Waals surface area contributed by atoms with Crippen LogP contribution in [0, 0.1) is 11.8 Å². The molecule has 1 saturated carbocycles. The van der Waals surface area contributed by atoms with E-state index in [2.05, 4.69) is 27.8 Å². The van der Waals surface area contributed by atoms with Gasteiger partial charge in [0.2, 0.25) is 12.3 Å². The third-order valence-electron chi connectivity index (χ3n) is 6.42. The van der Waals surface area contributed by atoms with Gasteiger partial charge in [-0.25, -0.2) is 0 Å². The Morgan fingerprint density at radius 3 is 2.67 bits per heavy atom. The number of nitrogens with one attached hydrogen (secondary N) is 3. The zero-order chi connectivity index (χ0) is 23.6. The molecule has 3 N–H and O–H groups in total. The maximum Gasteiger partial charge on any atom is 0.255 e. The molecule has 0 spiro atoms. The quantitative estimate of drug-likeness (QED) is 0.280. The molecular weight excluding hydrogens is 420 g/mol. The van der Waals surface area contributed by atoms with E-state index in [0.29, 0.717) is 37.0 Å². The van der Waals surface area contributed by atoms with Crippen LogP contribution in [-0.2, 0) is 20.9 Å². The molecule has 33 heavy (non-hydrogen) atoms. The number of aldehydes is 1. The minimum atomic E-state index is -0.679. The lowest BCUT2D eigenvalue weighted by Crippen LogP contribution is -2.46. The first-order chi connectivity index (χ1) is 16.1. The second-order valence-electron chi connectivity index (χ2n) is 8.48. The Morgan fingerprint density at radius 1 is 1.21 bits per heavy atom. The van der Waals surface area contributed by atoms with Crippen LogP contribution in [0.2, 0.25) is 0 Å². The third-order valence-corrected chi connectivity index (χ3v) is 6.42. The van der Waals surface area contributed by atoms with Crippen LogP contribution < -0.4 is 16.0 Å². The SMILES string of the molecule is CNC(=O)C(CCC=O)N1Cc2c(C#CCCNC3CCC(NC=O)CC3)cccc2C1=O. The summed E-state index contributed by atoms with van der Waals surface area (Å²) in [4.78, 5) is 48.2. The summed E-state index contributed by atoms with van der Waals surface area (Å²) in [5.74, 6) is 5.93. The van der Waals surface area contributed by atoms with Crippen LogP contribution in [0.25, 0.3) is 0 Å². The molecule has 0 radical (unpaired) electrons. The molecule has 1 heterocycles. The molecule has 1 unspecified atom stereocenters. The number of rotatable bonds is 10. The van der Waals surface area contributed by atoms with Gasteiger partial charge in [-0.15, -0.1) is 0 Å². The average Bonchev–Trinajstić information content (AvgIpc) is 3.17. The molecule has 8 nitrogen and oxygen atoms in total. The standard InChI is InChI=1S/C25H32N4O4/c1-26-24(32)23(9-5-15-30)29-16-22-18(7-4-8-21(22)25(29)33)6-2-3-14-27-19-10-12-20(13-11-19)28-17-31/h4,7-8,15,17,19-20,23,27H,3,5,9-14,16H2,1H3,(H,26,32)(H,28,31). The van der Waals surface area contributed by atoms with Gasteiger partial charge in [0.25, 0.3) is 5.91 Å². The third kappa shape index (κ3) is 6.20. The van der Waals surface area contributed by atoms with Gasteiger partial charge >= 0.3 is 0 Å². The van der Waals surface area contributed by atoms with Gasteiger partial charge in [0.05, 0.1) is 0 Å². The molecule has 2 aliphatic rings. The van der Waals surface area contributed by atoms with Crippen molar-refractivity contribution in [1.82, 2.24) is 20.9 Å². The van der Waals surface area contributed by atoms with Crippen molar-refractivity contribution in [1.29, 1.82) is 0 Å². The van der Waals surface area contributed by atoms with Crippen LogP contribution in [-0.4, -0.2) is 61.1 Å². The van der Waals surface area contributed by atoms with E-state index in [1.54, 1.807) is 6.07 Å². The number of carbonyl (C=O) groups is 4. The Labute approximate surface area is 194 Å². The molecule has 1 fully saturated rings. The molecule has 1 aromatic carbocycles. The molecule has 0 bridgehead atoms. The van der Waals surface area contributed by atoms with Crippen LogP contribution in [0.5, 0.6) is 0 Å². The molecule has 8 heteroatoms. The van der Waals surface area contributed by atoms with Gasteiger partial charge in [0.15, 0.2) is 0 Å². The summed E-state index contributed by atoms with van der Waals surface area (Å²) < 4.78 is 0. The molecule has 1 aliphatic heterocycles. The summed E-state index contributed by atoms with van der Waals surface area (Å²) in [7, 11) is 1.53. The second kappa shape index (κ2) is 12.2. The number of amides is 3. The largest absolute Gasteiger partial charge is 0.357 e. The number of nitrogens with zero attached hydrogens (tertiary/aromatic N) is 1. The Morgan fingerprint density at radius 2 is 1.97 bits per heavy atom. The zero-order valence-electron chi connectivity index (χ0n) is 19.1. The summed E-state index contributed by atoms with van der Waals surface area (Å²) in [5, 5.41) is 8.99. The maximum absolute atomic E-state index is 13.0. The van der Waals surface area contributed by atoms with Crippen molar-refractivity contribution in [2.45, 2.75) is 69.6 Å². The Balaban J connectivity index is 1.57. The van der Waals surface area contributed by atoms with Crippen LogP contribution in [0.3, 0.4) is 0 Å². The molecule has 3 rings (SSSR count). The zero-order valence-corrected chi connectivity index (χ0v) is 19.1. The fraction of sp³-hybridized carbons (Fsp3) is 0.520. The minimum Gasteiger partial charge on any atom is -0.357 e. The smallest absolute Gasteiger partial charge is 0.255 e. The summed E-state index contributed by atoms with van der Waals surface area (Å²) in [6.45, 7) is 1.10. The van der Waals surface area contributed by atoms with E-state index >= 15 is 0 Å². The molecule has 0 aromatic heterocycles. The van der Waals surface area contributed by atoms with E-state index in [1.807, 2.05) is 12.1 Å². The van der Waals surface area contributed by atoms with Crippen LogP contribution >= 0.6 is 0 Å². The van der Waals surface area contributed by atoms with Crippen molar-refractivity contribution in [2.24, 2.45) is 0 Å². The van der Waals surface area contributed by atoms with Crippen LogP contribution in [0.15, 0.2) is 18.2 Å². The summed E-state index contributed by atoms with van der Waals surface area (Å²) in [5.41, 5.74) is 2.21. The maximum atomic E-state index is 13.0. The first-order valence-electron chi connectivity index (χ1n) is 11.6. The summed E-state index contributed by atoms with van der Waals surface area (Å²) >= 11 is 0. The van der Waals surface area contributed by atoms with Gasteiger partial charge in [-0.1, -0.05) is 17.9 Å². The number of carbonyl (C=O) groups excluding carboxylic acids is 4. The van der Waals surface area contributed by atoms with Crippen molar-refractivity contribution in [3.63, 3.8) is 0 Å². The molecule has 1 aromatic rings. The summed E-state index contributed by atoms with van der Waals surface area (Å²) in [6, 6.07) is 5.55. The molecule has 3 amide bonds. The molecular formula is C25H32N4O4. The second-order valence-corrected chi connectivity index (χ2v) is 8.48. The predicted molar refractivity (Wildman–Crippen MR) is 124 cm³/mol. The van der Waals surface area contributed by atoms with Gasteiger partial charge < -0.3 is 25.6 Å². The Hall–Kier alpha value is -3.18. The number of hydrogen-bond donors (Lipinski definition) is 3. The van der Waals surface area contributed by atoms with E-state index in [9.17, 15) is 19.2 Å². The Kier molecular flexibility index (Phi) is 9.02. The van der Waals surface area contributed by atoms with Gasteiger partial charge in [-0.2, -0.15) is 0 Å². The van der Waals surface area contributed by atoms with Crippen molar-refractivity contribution in [3.05, 3.63) is 34.9 Å². The highest BCUT2D eigenvalue weighted by Gasteiger charge is 2.36. The molecule has 176 valence electrons. The van der Waals surface area contributed by atoms with E-state index in [0.717, 1.165) is 56.1 Å². The van der Waals surface area contributed by atoms with Gasteiger partial charge in [0.1, 0.15) is 12.3 Å².